The lowest BCUT2D eigenvalue weighted by Crippen LogP contribution is -2.08. The number of ether oxygens (including phenoxy) is 1. The van der Waals surface area contributed by atoms with Crippen molar-refractivity contribution >= 4 is 27.5 Å². The van der Waals surface area contributed by atoms with E-state index in [9.17, 15) is 4.79 Å². The van der Waals surface area contributed by atoms with E-state index in [1.807, 2.05) is 49.4 Å². The molecule has 30 heavy (non-hydrogen) atoms. The molecular weight excluding hydrogens is 368 g/mol. The Balaban J connectivity index is 1.44. The molecule has 0 aliphatic carbocycles. The van der Waals surface area contributed by atoms with E-state index in [1.54, 1.807) is 0 Å². The molecule has 2 nitrogen and oxygen atoms in total. The molecule has 0 aliphatic rings. The number of esters is 1. The monoisotopic (exact) mass is 388 g/mol. The van der Waals surface area contributed by atoms with Gasteiger partial charge in [-0.2, -0.15) is 0 Å². The van der Waals surface area contributed by atoms with E-state index in [1.165, 1.54) is 16.3 Å². The summed E-state index contributed by atoms with van der Waals surface area (Å²) in [5.74, 6) is 0.205. The third-order valence-electron chi connectivity index (χ3n) is 5.39. The fraction of sp³-hybridized carbons (Fsp3) is 0.0357. The van der Waals surface area contributed by atoms with Crippen molar-refractivity contribution in [2.45, 2.75) is 6.92 Å². The summed E-state index contributed by atoms with van der Waals surface area (Å²) in [4.78, 5) is 12.5. The van der Waals surface area contributed by atoms with Crippen LogP contribution >= 0.6 is 0 Å². The van der Waals surface area contributed by atoms with Crippen molar-refractivity contribution in [1.82, 2.24) is 0 Å². The number of rotatable bonds is 3. The Bertz CT molecular complexity index is 1380. The Labute approximate surface area is 175 Å². The highest BCUT2D eigenvalue weighted by molar-refractivity contribution is 5.98. The van der Waals surface area contributed by atoms with Crippen molar-refractivity contribution < 1.29 is 9.53 Å². The largest absolute Gasteiger partial charge is 0.423 e. The molecule has 0 atom stereocenters. The molecule has 5 rings (SSSR count). The van der Waals surface area contributed by atoms with E-state index in [-0.39, 0.29) is 5.97 Å². The van der Waals surface area contributed by atoms with Crippen LogP contribution in [0.2, 0.25) is 0 Å². The highest BCUT2D eigenvalue weighted by atomic mass is 16.5. The first-order chi connectivity index (χ1) is 14.7. The Kier molecular flexibility index (Phi) is 4.53. The molecule has 0 bridgehead atoms. The summed E-state index contributed by atoms with van der Waals surface area (Å²) in [6.07, 6.45) is 0. The lowest BCUT2D eigenvalue weighted by Gasteiger charge is -2.08. The zero-order valence-corrected chi connectivity index (χ0v) is 16.6. The highest BCUT2D eigenvalue weighted by Crippen LogP contribution is 2.28. The molecule has 0 aliphatic heterocycles. The molecule has 2 heteroatoms. The van der Waals surface area contributed by atoms with Gasteiger partial charge >= 0.3 is 5.97 Å². The van der Waals surface area contributed by atoms with E-state index in [4.69, 9.17) is 4.74 Å². The van der Waals surface area contributed by atoms with Crippen molar-refractivity contribution in [1.29, 1.82) is 0 Å². The fourth-order valence-corrected chi connectivity index (χ4v) is 3.69. The summed E-state index contributed by atoms with van der Waals surface area (Å²) in [7, 11) is 0. The summed E-state index contributed by atoms with van der Waals surface area (Å²) in [6, 6.07) is 34.4. The van der Waals surface area contributed by atoms with E-state index in [0.717, 1.165) is 21.9 Å². The van der Waals surface area contributed by atoms with Gasteiger partial charge in [0.25, 0.3) is 0 Å². The van der Waals surface area contributed by atoms with Gasteiger partial charge in [-0.05, 0) is 76.0 Å². The Morgan fingerprint density at radius 1 is 0.600 bits per heavy atom. The zero-order chi connectivity index (χ0) is 20.5. The number of benzene rings is 5. The SMILES string of the molecule is Cc1ccc(OC(=O)c2ccc3cc(-c4ccc5ccccc5c4)ccc3c2)cc1. The van der Waals surface area contributed by atoms with Gasteiger partial charge in [0.15, 0.2) is 0 Å². The van der Waals surface area contributed by atoms with E-state index in [2.05, 4.69) is 60.7 Å². The van der Waals surface area contributed by atoms with Gasteiger partial charge in [0.2, 0.25) is 0 Å². The number of hydrogen-bond donors (Lipinski definition) is 0. The van der Waals surface area contributed by atoms with Gasteiger partial charge in [-0.3, -0.25) is 0 Å². The third kappa shape index (κ3) is 3.56. The minimum Gasteiger partial charge on any atom is -0.423 e. The van der Waals surface area contributed by atoms with Crippen LogP contribution in [0.25, 0.3) is 32.7 Å². The van der Waals surface area contributed by atoms with Crippen LogP contribution in [0.5, 0.6) is 5.75 Å². The van der Waals surface area contributed by atoms with Crippen LogP contribution in [0, 0.1) is 6.92 Å². The first-order valence-electron chi connectivity index (χ1n) is 9.98. The van der Waals surface area contributed by atoms with Crippen LogP contribution in [0.3, 0.4) is 0 Å². The molecule has 0 N–H and O–H groups in total. The van der Waals surface area contributed by atoms with Crippen LogP contribution in [0.1, 0.15) is 15.9 Å². The third-order valence-corrected chi connectivity index (χ3v) is 5.39. The second-order valence-corrected chi connectivity index (χ2v) is 7.54. The molecule has 0 heterocycles. The van der Waals surface area contributed by atoms with Crippen LogP contribution in [-0.2, 0) is 0 Å². The summed E-state index contributed by atoms with van der Waals surface area (Å²) < 4.78 is 5.50. The standard InChI is InChI=1S/C28H20O2/c1-19-6-14-27(15-7-19)30-28(29)26-13-12-24-17-23(10-11-25(24)18-26)22-9-8-20-4-2-3-5-21(20)16-22/h2-18H,1H3. The lowest BCUT2D eigenvalue weighted by molar-refractivity contribution is 0.0735. The maximum Gasteiger partial charge on any atom is 0.343 e. The maximum absolute atomic E-state index is 12.5. The van der Waals surface area contributed by atoms with Crippen molar-refractivity contribution in [3.63, 3.8) is 0 Å². The topological polar surface area (TPSA) is 26.3 Å². The first kappa shape index (κ1) is 18.1. The summed E-state index contributed by atoms with van der Waals surface area (Å²) >= 11 is 0. The van der Waals surface area contributed by atoms with Crippen molar-refractivity contribution in [3.8, 4) is 16.9 Å². The second kappa shape index (κ2) is 7.49. The summed E-state index contributed by atoms with van der Waals surface area (Å²) in [5.41, 5.74) is 4.01. The molecule has 0 saturated carbocycles. The van der Waals surface area contributed by atoms with Gasteiger partial charge in [-0.15, -0.1) is 0 Å². The first-order valence-corrected chi connectivity index (χ1v) is 9.98. The number of fused-ring (bicyclic) bond motifs is 2. The van der Waals surface area contributed by atoms with Crippen LogP contribution in [-0.4, -0.2) is 5.97 Å². The minimum atomic E-state index is -0.348. The molecule has 0 unspecified atom stereocenters. The highest BCUT2D eigenvalue weighted by Gasteiger charge is 2.10. The number of carbonyl (C=O) groups is 1. The summed E-state index contributed by atoms with van der Waals surface area (Å²) in [5, 5.41) is 4.56. The van der Waals surface area contributed by atoms with E-state index < -0.39 is 0 Å². The summed E-state index contributed by atoms with van der Waals surface area (Å²) in [6.45, 7) is 2.00. The number of aryl methyl sites for hydroxylation is 1. The molecule has 0 fully saturated rings. The lowest BCUT2D eigenvalue weighted by atomic mass is 9.98. The van der Waals surface area contributed by atoms with Crippen LogP contribution in [0.15, 0.2) is 103 Å². The van der Waals surface area contributed by atoms with Gasteiger partial charge in [-0.1, -0.05) is 72.3 Å². The molecule has 0 amide bonds. The van der Waals surface area contributed by atoms with E-state index in [0.29, 0.717) is 11.3 Å². The minimum absolute atomic E-state index is 0.348. The predicted octanol–water partition coefficient (Wildman–Crippen LogP) is 7.19. The van der Waals surface area contributed by atoms with Gasteiger partial charge in [0.05, 0.1) is 5.56 Å². The molecule has 5 aromatic rings. The Morgan fingerprint density at radius 3 is 1.90 bits per heavy atom. The quantitative estimate of drug-likeness (QED) is 0.241. The maximum atomic E-state index is 12.5. The van der Waals surface area contributed by atoms with Crippen molar-refractivity contribution in [2.24, 2.45) is 0 Å². The van der Waals surface area contributed by atoms with Gasteiger partial charge < -0.3 is 4.74 Å². The van der Waals surface area contributed by atoms with Crippen LogP contribution in [0.4, 0.5) is 0 Å². The van der Waals surface area contributed by atoms with Crippen molar-refractivity contribution in [3.05, 3.63) is 114 Å². The van der Waals surface area contributed by atoms with Crippen molar-refractivity contribution in [2.75, 3.05) is 0 Å². The smallest absolute Gasteiger partial charge is 0.343 e. The average Bonchev–Trinajstić information content (AvgIpc) is 2.79. The van der Waals surface area contributed by atoms with Crippen LogP contribution < -0.4 is 4.74 Å². The molecule has 5 aromatic carbocycles. The average molecular weight is 388 g/mol. The zero-order valence-electron chi connectivity index (χ0n) is 16.6. The Morgan fingerprint density at radius 2 is 1.17 bits per heavy atom. The van der Waals surface area contributed by atoms with Gasteiger partial charge in [0, 0.05) is 0 Å². The number of carbonyl (C=O) groups excluding carboxylic acids is 1. The molecule has 0 aromatic heterocycles. The fourth-order valence-electron chi connectivity index (χ4n) is 3.69. The molecule has 0 saturated heterocycles. The van der Waals surface area contributed by atoms with Gasteiger partial charge in [-0.25, -0.2) is 4.79 Å². The Hall–Kier alpha value is -3.91. The predicted molar refractivity (Wildman–Crippen MR) is 123 cm³/mol. The molecule has 0 spiro atoms. The van der Waals surface area contributed by atoms with E-state index >= 15 is 0 Å². The molecule has 144 valence electrons. The normalized spacial score (nSPS) is 11.0. The second-order valence-electron chi connectivity index (χ2n) is 7.54. The molecule has 0 radical (unpaired) electrons. The molecular formula is C28H20O2. The number of hydrogen-bond acceptors (Lipinski definition) is 2. The van der Waals surface area contributed by atoms with Gasteiger partial charge in [0.1, 0.15) is 5.75 Å².